The van der Waals surface area contributed by atoms with Gasteiger partial charge in [0.1, 0.15) is 17.5 Å². The average Bonchev–Trinajstić information content (AvgIpc) is 2.87. The van der Waals surface area contributed by atoms with Gasteiger partial charge in [-0.05, 0) is 64.3 Å². The van der Waals surface area contributed by atoms with Gasteiger partial charge in [-0.2, -0.15) is 9.78 Å². The first-order valence-corrected chi connectivity index (χ1v) is 13.3. The Balaban J connectivity index is 1.71. The largest absolute Gasteiger partial charge is 0.493 e. The first-order chi connectivity index (χ1) is 17.3. The van der Waals surface area contributed by atoms with E-state index in [2.05, 4.69) is 41.9 Å². The number of fused-ring (bicyclic) bond motifs is 1. The van der Waals surface area contributed by atoms with Crippen molar-refractivity contribution in [1.82, 2.24) is 9.66 Å². The molecule has 0 aliphatic heterocycles. The molecule has 0 aliphatic carbocycles. The van der Waals surface area contributed by atoms with E-state index in [0.29, 0.717) is 54.7 Å². The second kappa shape index (κ2) is 11.8. The number of hydrogen-bond donors (Lipinski definition) is 0. The number of hydrogen-bond acceptors (Lipinski definition) is 5. The lowest BCUT2D eigenvalue weighted by Gasteiger charge is -2.15. The zero-order chi connectivity index (χ0) is 25.8. The zero-order valence-corrected chi connectivity index (χ0v) is 24.1. The van der Waals surface area contributed by atoms with Crippen molar-refractivity contribution in [2.75, 3.05) is 7.11 Å². The molecule has 4 rings (SSSR count). The summed E-state index contributed by atoms with van der Waals surface area (Å²) in [5, 5.41) is 5.94. The van der Waals surface area contributed by atoms with Crippen LogP contribution in [0.5, 0.6) is 11.5 Å². The van der Waals surface area contributed by atoms with Gasteiger partial charge in [0.15, 0.2) is 11.5 Å². The Labute approximate surface area is 235 Å². The predicted molar refractivity (Wildman–Crippen MR) is 152 cm³/mol. The number of rotatable bonds is 8. The zero-order valence-electron chi connectivity index (χ0n) is 19.4. The monoisotopic (exact) mass is 651 g/mol. The van der Waals surface area contributed by atoms with Crippen LogP contribution >= 0.6 is 55.1 Å². The Morgan fingerprint density at radius 1 is 1.11 bits per heavy atom. The highest BCUT2D eigenvalue weighted by Gasteiger charge is 2.18. The number of methoxy groups -OCH3 is 1. The van der Waals surface area contributed by atoms with Crippen LogP contribution in [0, 0.1) is 0 Å². The number of benzene rings is 3. The Bertz CT molecular complexity index is 1510. The summed E-state index contributed by atoms with van der Waals surface area (Å²) in [7, 11) is 1.53. The van der Waals surface area contributed by atoms with E-state index in [1.54, 1.807) is 30.5 Å². The third kappa shape index (κ3) is 5.78. The van der Waals surface area contributed by atoms with Gasteiger partial charge in [0.05, 0.1) is 24.2 Å². The van der Waals surface area contributed by atoms with Crippen LogP contribution in [0.2, 0.25) is 10.0 Å². The van der Waals surface area contributed by atoms with Gasteiger partial charge in [0.25, 0.3) is 5.56 Å². The van der Waals surface area contributed by atoms with Gasteiger partial charge in [-0.1, -0.05) is 58.2 Å². The molecule has 0 saturated heterocycles. The van der Waals surface area contributed by atoms with E-state index in [-0.39, 0.29) is 12.2 Å². The molecule has 10 heteroatoms. The minimum absolute atomic E-state index is 0.252. The lowest BCUT2D eigenvalue weighted by molar-refractivity contribution is 0.284. The molecule has 1 heterocycles. The fourth-order valence-electron chi connectivity index (χ4n) is 3.54. The van der Waals surface area contributed by atoms with Gasteiger partial charge in [-0.15, -0.1) is 0 Å². The minimum atomic E-state index is -0.252. The summed E-state index contributed by atoms with van der Waals surface area (Å²) in [5.41, 5.74) is 1.92. The van der Waals surface area contributed by atoms with Crippen LogP contribution < -0.4 is 15.0 Å². The molecular weight excluding hydrogens is 633 g/mol. The number of nitrogens with zero attached hydrogens (tertiary/aromatic N) is 3. The van der Waals surface area contributed by atoms with Crippen molar-refractivity contribution in [3.63, 3.8) is 0 Å². The van der Waals surface area contributed by atoms with E-state index in [0.717, 1.165) is 16.5 Å². The molecule has 0 radical (unpaired) electrons. The first-order valence-electron chi connectivity index (χ1n) is 11.0. The highest BCUT2D eigenvalue weighted by atomic mass is 79.9. The average molecular weight is 654 g/mol. The number of aryl methyl sites for hydroxylation is 1. The second-order valence-electron chi connectivity index (χ2n) is 7.84. The van der Waals surface area contributed by atoms with Gasteiger partial charge >= 0.3 is 0 Å². The van der Waals surface area contributed by atoms with Crippen molar-refractivity contribution in [2.24, 2.45) is 5.10 Å². The van der Waals surface area contributed by atoms with Crippen LogP contribution in [0.3, 0.4) is 0 Å². The Morgan fingerprint density at radius 3 is 2.56 bits per heavy atom. The molecule has 4 aromatic rings. The van der Waals surface area contributed by atoms with Crippen molar-refractivity contribution in [3.8, 4) is 11.5 Å². The predicted octanol–water partition coefficient (Wildman–Crippen LogP) is 7.65. The summed E-state index contributed by atoms with van der Waals surface area (Å²) in [6.45, 7) is 2.30. The van der Waals surface area contributed by atoms with Crippen LogP contribution in [0.15, 0.2) is 67.4 Å². The van der Waals surface area contributed by atoms with Crippen LogP contribution in [0.1, 0.15) is 30.3 Å². The second-order valence-corrected chi connectivity index (χ2v) is 10.4. The van der Waals surface area contributed by atoms with Gasteiger partial charge in [-0.25, -0.2) is 4.98 Å². The third-order valence-electron chi connectivity index (χ3n) is 5.33. The highest BCUT2D eigenvalue weighted by molar-refractivity contribution is 9.10. The highest BCUT2D eigenvalue weighted by Crippen LogP contribution is 2.42. The SMILES string of the molecule is CCCc1nc2ccc(Br)cc2c(=O)n1N=Cc1cc(OC)c(OCc2ccc(Cl)cc2)c(Cl)c1Br. The van der Waals surface area contributed by atoms with Crippen molar-refractivity contribution < 1.29 is 9.47 Å². The van der Waals surface area contributed by atoms with E-state index in [9.17, 15) is 4.79 Å². The first kappa shape index (κ1) is 26.7. The summed E-state index contributed by atoms with van der Waals surface area (Å²) < 4.78 is 14.2. The van der Waals surface area contributed by atoms with Gasteiger partial charge < -0.3 is 9.47 Å². The van der Waals surface area contributed by atoms with Crippen LogP contribution in [0.4, 0.5) is 0 Å². The molecular formula is C26H21Br2Cl2N3O3. The van der Waals surface area contributed by atoms with Gasteiger partial charge in [0.2, 0.25) is 0 Å². The maximum absolute atomic E-state index is 13.3. The van der Waals surface area contributed by atoms with Crippen molar-refractivity contribution >= 4 is 72.2 Å². The molecule has 0 amide bonds. The standard InChI is InChI=1S/C26H21Br2Cl2N3O3/c1-3-4-22-32-20-10-7-17(27)12-19(20)26(34)33(22)31-13-16-11-21(35-2)25(24(30)23(16)28)36-14-15-5-8-18(29)9-6-15/h5-13H,3-4,14H2,1-2H3. The summed E-state index contributed by atoms with van der Waals surface area (Å²) in [5.74, 6) is 1.39. The number of aromatic nitrogens is 2. The molecule has 6 nitrogen and oxygen atoms in total. The Morgan fingerprint density at radius 2 is 1.86 bits per heavy atom. The maximum Gasteiger partial charge on any atom is 0.282 e. The molecule has 1 aromatic heterocycles. The van der Waals surface area contributed by atoms with E-state index >= 15 is 0 Å². The molecule has 0 aliphatic rings. The molecule has 0 fully saturated rings. The summed E-state index contributed by atoms with van der Waals surface area (Å²) in [4.78, 5) is 17.9. The quantitative estimate of drug-likeness (QED) is 0.183. The molecule has 0 unspecified atom stereocenters. The van der Waals surface area contributed by atoms with E-state index < -0.39 is 0 Å². The van der Waals surface area contributed by atoms with E-state index in [4.69, 9.17) is 32.7 Å². The topological polar surface area (TPSA) is 65.7 Å². The lowest BCUT2D eigenvalue weighted by Crippen LogP contribution is -2.22. The normalized spacial score (nSPS) is 11.4. The summed E-state index contributed by atoms with van der Waals surface area (Å²) in [6, 6.07) is 14.5. The number of halogens is 4. The molecule has 186 valence electrons. The molecule has 0 saturated carbocycles. The van der Waals surface area contributed by atoms with Crippen molar-refractivity contribution in [2.45, 2.75) is 26.4 Å². The van der Waals surface area contributed by atoms with Crippen LogP contribution in [0.25, 0.3) is 10.9 Å². The molecule has 0 spiro atoms. The third-order valence-corrected chi connectivity index (χ3v) is 7.52. The van der Waals surface area contributed by atoms with Gasteiger partial charge in [0, 0.05) is 26.0 Å². The molecule has 0 N–H and O–H groups in total. The molecule has 3 aromatic carbocycles. The fraction of sp³-hybridized carbons (Fsp3) is 0.192. The minimum Gasteiger partial charge on any atom is -0.493 e. The summed E-state index contributed by atoms with van der Waals surface area (Å²) >= 11 is 19.6. The lowest BCUT2D eigenvalue weighted by atomic mass is 10.2. The van der Waals surface area contributed by atoms with E-state index in [1.807, 2.05) is 31.2 Å². The van der Waals surface area contributed by atoms with Crippen LogP contribution in [-0.4, -0.2) is 23.0 Å². The number of ether oxygens (including phenoxy) is 2. The van der Waals surface area contributed by atoms with Crippen molar-refractivity contribution in [3.05, 3.63) is 94.8 Å². The molecule has 0 bridgehead atoms. The van der Waals surface area contributed by atoms with Gasteiger partial charge in [-0.3, -0.25) is 4.79 Å². The maximum atomic E-state index is 13.3. The Kier molecular flexibility index (Phi) is 8.72. The van der Waals surface area contributed by atoms with E-state index in [1.165, 1.54) is 11.8 Å². The fourth-order valence-corrected chi connectivity index (χ4v) is 4.68. The van der Waals surface area contributed by atoms with Crippen molar-refractivity contribution in [1.29, 1.82) is 0 Å². The summed E-state index contributed by atoms with van der Waals surface area (Å²) in [6.07, 6.45) is 2.96. The molecule has 0 atom stereocenters. The smallest absolute Gasteiger partial charge is 0.282 e. The Hall–Kier alpha value is -2.39. The van der Waals surface area contributed by atoms with Crippen LogP contribution in [-0.2, 0) is 13.0 Å². The molecule has 36 heavy (non-hydrogen) atoms.